The summed E-state index contributed by atoms with van der Waals surface area (Å²) in [5, 5.41) is 4.16. The zero-order chi connectivity index (χ0) is 22.3. The fraction of sp³-hybridized carbons (Fsp3) is 0.440. The molecule has 0 saturated carbocycles. The van der Waals surface area contributed by atoms with Crippen LogP contribution in [0.2, 0.25) is 0 Å². The lowest BCUT2D eigenvalue weighted by atomic mass is 10.1. The number of nitrogens with zero attached hydrogens (tertiary/aromatic N) is 3. The van der Waals surface area contributed by atoms with Gasteiger partial charge in [0.2, 0.25) is 0 Å². The molecule has 2 aliphatic rings. The van der Waals surface area contributed by atoms with E-state index in [4.69, 9.17) is 9.47 Å². The van der Waals surface area contributed by atoms with Crippen LogP contribution in [0, 0.1) is 0 Å². The zero-order valence-electron chi connectivity index (χ0n) is 19.0. The van der Waals surface area contributed by atoms with E-state index in [0.717, 1.165) is 48.9 Å². The third kappa shape index (κ3) is 4.98. The Morgan fingerprint density at radius 1 is 0.875 bits per heavy atom. The summed E-state index contributed by atoms with van der Waals surface area (Å²) in [6.45, 7) is 4.19. The van der Waals surface area contributed by atoms with Gasteiger partial charge < -0.3 is 19.3 Å². The minimum Gasteiger partial charge on any atom is -0.496 e. The monoisotopic (exact) mass is 436 g/mol. The van der Waals surface area contributed by atoms with Crippen molar-refractivity contribution in [2.75, 3.05) is 50.2 Å². The average Bonchev–Trinajstić information content (AvgIpc) is 3.39. The van der Waals surface area contributed by atoms with E-state index in [1.165, 1.54) is 32.1 Å². The van der Waals surface area contributed by atoms with E-state index in [2.05, 4.69) is 20.3 Å². The van der Waals surface area contributed by atoms with Crippen molar-refractivity contribution in [2.24, 2.45) is 5.10 Å². The normalized spacial score (nSPS) is 16.4. The van der Waals surface area contributed by atoms with Crippen molar-refractivity contribution >= 4 is 23.5 Å². The molecule has 7 heteroatoms. The quantitative estimate of drug-likeness (QED) is 0.524. The van der Waals surface area contributed by atoms with E-state index < -0.39 is 0 Å². The van der Waals surface area contributed by atoms with E-state index in [-0.39, 0.29) is 5.91 Å². The standard InChI is InChI=1S/C25H32N4O3/c1-31-23-17-22(29-14-4-3-5-15-29)24(32-2)16-20(23)18-26-27-25(30)19-8-10-21(11-9-19)28-12-6-7-13-28/h8-11,16-18H,3-7,12-15H2,1-2H3,(H,27,30)/b26-18-. The van der Waals surface area contributed by atoms with Gasteiger partial charge in [0.25, 0.3) is 5.91 Å². The lowest BCUT2D eigenvalue weighted by molar-refractivity contribution is 0.0955. The number of carbonyl (C=O) groups excluding carboxylic acids is 1. The van der Waals surface area contributed by atoms with Crippen molar-refractivity contribution in [3.8, 4) is 11.5 Å². The first-order valence-corrected chi connectivity index (χ1v) is 11.4. The van der Waals surface area contributed by atoms with Crippen molar-refractivity contribution in [1.82, 2.24) is 5.43 Å². The van der Waals surface area contributed by atoms with E-state index >= 15 is 0 Å². The van der Waals surface area contributed by atoms with E-state index in [0.29, 0.717) is 11.3 Å². The molecule has 2 aromatic carbocycles. The first-order valence-electron chi connectivity index (χ1n) is 11.4. The van der Waals surface area contributed by atoms with Gasteiger partial charge in [-0.25, -0.2) is 5.43 Å². The van der Waals surface area contributed by atoms with Crippen molar-refractivity contribution < 1.29 is 14.3 Å². The number of ether oxygens (including phenoxy) is 2. The van der Waals surface area contributed by atoms with Crippen molar-refractivity contribution in [3.05, 3.63) is 47.5 Å². The minimum atomic E-state index is -0.245. The summed E-state index contributed by atoms with van der Waals surface area (Å²) >= 11 is 0. The van der Waals surface area contributed by atoms with E-state index in [1.54, 1.807) is 20.4 Å². The first kappa shape index (κ1) is 22.0. The molecule has 0 unspecified atom stereocenters. The summed E-state index contributed by atoms with van der Waals surface area (Å²) in [6, 6.07) is 11.6. The molecule has 32 heavy (non-hydrogen) atoms. The Balaban J connectivity index is 1.44. The van der Waals surface area contributed by atoms with Crippen LogP contribution < -0.4 is 24.7 Å². The number of methoxy groups -OCH3 is 2. The summed E-state index contributed by atoms with van der Waals surface area (Å²) in [5.74, 6) is 1.22. The third-order valence-corrected chi connectivity index (χ3v) is 6.20. The van der Waals surface area contributed by atoms with Gasteiger partial charge in [-0.15, -0.1) is 0 Å². The van der Waals surface area contributed by atoms with Crippen molar-refractivity contribution in [3.63, 3.8) is 0 Å². The van der Waals surface area contributed by atoms with Crippen molar-refractivity contribution in [2.45, 2.75) is 32.1 Å². The molecule has 7 nitrogen and oxygen atoms in total. The number of anilines is 2. The largest absolute Gasteiger partial charge is 0.496 e. The van der Waals surface area contributed by atoms with Gasteiger partial charge in [0.1, 0.15) is 11.5 Å². The highest BCUT2D eigenvalue weighted by molar-refractivity contribution is 5.95. The van der Waals surface area contributed by atoms with Crippen LogP contribution in [0.4, 0.5) is 11.4 Å². The lowest BCUT2D eigenvalue weighted by Gasteiger charge is -2.30. The zero-order valence-corrected chi connectivity index (χ0v) is 19.0. The molecular weight excluding hydrogens is 404 g/mol. The Kier molecular flexibility index (Phi) is 7.14. The molecule has 0 atom stereocenters. The molecule has 2 saturated heterocycles. The lowest BCUT2D eigenvalue weighted by Crippen LogP contribution is -2.29. The van der Waals surface area contributed by atoms with Crippen LogP contribution in [0.5, 0.6) is 11.5 Å². The average molecular weight is 437 g/mol. The maximum absolute atomic E-state index is 12.5. The molecule has 0 radical (unpaired) electrons. The smallest absolute Gasteiger partial charge is 0.271 e. The van der Waals surface area contributed by atoms with Gasteiger partial charge in [0.05, 0.1) is 26.1 Å². The topological polar surface area (TPSA) is 66.4 Å². The number of carbonyl (C=O) groups is 1. The van der Waals surface area contributed by atoms with Gasteiger partial charge in [0, 0.05) is 49.1 Å². The van der Waals surface area contributed by atoms with Crippen LogP contribution in [0.15, 0.2) is 41.5 Å². The molecule has 0 spiro atoms. The highest BCUT2D eigenvalue weighted by atomic mass is 16.5. The number of nitrogens with one attached hydrogen (secondary N) is 1. The predicted molar refractivity (Wildman–Crippen MR) is 129 cm³/mol. The second-order valence-corrected chi connectivity index (χ2v) is 8.25. The van der Waals surface area contributed by atoms with Crippen LogP contribution in [0.25, 0.3) is 0 Å². The van der Waals surface area contributed by atoms with Crippen LogP contribution in [-0.2, 0) is 0 Å². The Labute approximate surface area is 190 Å². The minimum absolute atomic E-state index is 0.245. The number of amides is 1. The van der Waals surface area contributed by atoms with Gasteiger partial charge >= 0.3 is 0 Å². The highest BCUT2D eigenvalue weighted by Crippen LogP contribution is 2.36. The molecule has 0 bridgehead atoms. The summed E-state index contributed by atoms with van der Waals surface area (Å²) in [5.41, 5.74) is 6.13. The van der Waals surface area contributed by atoms with Crippen LogP contribution in [-0.4, -0.2) is 52.5 Å². The number of hydrazone groups is 1. The van der Waals surface area contributed by atoms with Gasteiger partial charge in [-0.3, -0.25) is 4.79 Å². The summed E-state index contributed by atoms with van der Waals surface area (Å²) in [7, 11) is 3.31. The number of piperidine rings is 1. The molecular formula is C25H32N4O3. The molecule has 2 aliphatic heterocycles. The number of hydrogen-bond acceptors (Lipinski definition) is 6. The number of benzene rings is 2. The van der Waals surface area contributed by atoms with Gasteiger partial charge in [-0.2, -0.15) is 5.10 Å². The maximum Gasteiger partial charge on any atom is 0.271 e. The first-order chi connectivity index (χ1) is 15.7. The number of rotatable bonds is 7. The Morgan fingerprint density at radius 3 is 2.16 bits per heavy atom. The van der Waals surface area contributed by atoms with E-state index in [1.807, 2.05) is 36.4 Å². The van der Waals surface area contributed by atoms with Crippen LogP contribution in [0.1, 0.15) is 48.0 Å². The molecule has 1 amide bonds. The Bertz CT molecular complexity index is 946. The van der Waals surface area contributed by atoms with E-state index in [9.17, 15) is 4.79 Å². The van der Waals surface area contributed by atoms with Gasteiger partial charge in [0.15, 0.2) is 0 Å². The molecule has 2 heterocycles. The molecule has 0 aromatic heterocycles. The number of hydrogen-bond donors (Lipinski definition) is 1. The van der Waals surface area contributed by atoms with Gasteiger partial charge in [-0.05, 0) is 62.4 Å². The third-order valence-electron chi connectivity index (χ3n) is 6.20. The van der Waals surface area contributed by atoms with Crippen LogP contribution in [0.3, 0.4) is 0 Å². The van der Waals surface area contributed by atoms with Gasteiger partial charge in [-0.1, -0.05) is 0 Å². The maximum atomic E-state index is 12.5. The van der Waals surface area contributed by atoms with Crippen molar-refractivity contribution in [1.29, 1.82) is 0 Å². The molecule has 4 rings (SSSR count). The molecule has 0 aliphatic carbocycles. The molecule has 1 N–H and O–H groups in total. The highest BCUT2D eigenvalue weighted by Gasteiger charge is 2.18. The predicted octanol–water partition coefficient (Wildman–Crippen LogP) is 4.06. The summed E-state index contributed by atoms with van der Waals surface area (Å²) < 4.78 is 11.2. The SMILES string of the molecule is COc1cc(N2CCCCC2)c(OC)cc1/C=N\NC(=O)c1ccc(N2CCCC2)cc1. The van der Waals surface area contributed by atoms with Crippen LogP contribution >= 0.6 is 0 Å². The fourth-order valence-corrected chi connectivity index (χ4v) is 4.41. The fourth-order valence-electron chi connectivity index (χ4n) is 4.41. The molecule has 2 aromatic rings. The second kappa shape index (κ2) is 10.4. The second-order valence-electron chi connectivity index (χ2n) is 8.25. The molecule has 170 valence electrons. The Morgan fingerprint density at radius 2 is 1.50 bits per heavy atom. The summed E-state index contributed by atoms with van der Waals surface area (Å²) in [4.78, 5) is 17.2. The Hall–Kier alpha value is -3.22. The summed E-state index contributed by atoms with van der Waals surface area (Å²) in [6.07, 6.45) is 7.67. The molecule has 2 fully saturated rings.